The van der Waals surface area contributed by atoms with E-state index in [-0.39, 0.29) is 0 Å². The lowest BCUT2D eigenvalue weighted by molar-refractivity contribution is 0.170. The van der Waals surface area contributed by atoms with Gasteiger partial charge in [-0.25, -0.2) is 0 Å². The number of nitrogens with zero attached hydrogens (tertiary/aromatic N) is 1. The zero-order chi connectivity index (χ0) is 12.5. The average Bonchev–Trinajstić information content (AvgIpc) is 2.36. The van der Waals surface area contributed by atoms with Gasteiger partial charge in [-0.2, -0.15) is 5.26 Å². The molecule has 0 aromatic heterocycles. The highest BCUT2D eigenvalue weighted by atomic mass is 16.5. The average molecular weight is 235 g/mol. The van der Waals surface area contributed by atoms with Crippen LogP contribution in [0.25, 0.3) is 0 Å². The predicted molar refractivity (Wildman–Crippen MR) is 64.3 cm³/mol. The molecule has 0 heterocycles. The Bertz CT molecular complexity index is 385. The Labute approximate surface area is 102 Å². The van der Waals surface area contributed by atoms with Crippen LogP contribution >= 0.6 is 0 Å². The fraction of sp³-hybridized carbons (Fsp3) is 0.462. The molecule has 0 atom stereocenters. The topological polar surface area (TPSA) is 51.5 Å². The van der Waals surface area contributed by atoms with E-state index in [2.05, 4.69) is 6.07 Å². The van der Waals surface area contributed by atoms with E-state index >= 15 is 0 Å². The molecule has 0 aliphatic heterocycles. The Morgan fingerprint density at radius 2 is 2.00 bits per heavy atom. The first-order valence-corrected chi connectivity index (χ1v) is 5.60. The summed E-state index contributed by atoms with van der Waals surface area (Å²) in [5, 5.41) is 8.80. The van der Waals surface area contributed by atoms with E-state index in [4.69, 9.17) is 19.5 Å². The van der Waals surface area contributed by atoms with Crippen LogP contribution in [0.3, 0.4) is 0 Å². The number of rotatable bonds is 7. The maximum absolute atomic E-state index is 8.80. The highest BCUT2D eigenvalue weighted by Gasteiger charge is 2.06. The van der Waals surface area contributed by atoms with Gasteiger partial charge >= 0.3 is 0 Å². The Morgan fingerprint density at radius 3 is 2.65 bits per heavy atom. The molecule has 92 valence electrons. The Hall–Kier alpha value is -1.73. The van der Waals surface area contributed by atoms with Crippen molar-refractivity contribution in [3.8, 4) is 17.6 Å². The lowest BCUT2D eigenvalue weighted by Gasteiger charge is -2.11. The van der Waals surface area contributed by atoms with Crippen molar-refractivity contribution < 1.29 is 14.2 Å². The highest BCUT2D eigenvalue weighted by molar-refractivity contribution is 5.46. The maximum Gasteiger partial charge on any atom is 0.162 e. The molecule has 0 radical (unpaired) electrons. The second kappa shape index (κ2) is 7.53. The first-order valence-electron chi connectivity index (χ1n) is 5.60. The minimum atomic E-state index is 0.545. The van der Waals surface area contributed by atoms with Gasteiger partial charge in [0.2, 0.25) is 0 Å². The number of methoxy groups -OCH3 is 1. The highest BCUT2D eigenvalue weighted by Crippen LogP contribution is 2.28. The van der Waals surface area contributed by atoms with Crippen molar-refractivity contribution in [2.75, 3.05) is 26.9 Å². The zero-order valence-corrected chi connectivity index (χ0v) is 10.2. The van der Waals surface area contributed by atoms with Crippen LogP contribution < -0.4 is 9.47 Å². The molecule has 0 aliphatic rings. The summed E-state index contributed by atoms with van der Waals surface area (Å²) in [6.07, 6.45) is 0.821. The number of hydrogen-bond acceptors (Lipinski definition) is 4. The van der Waals surface area contributed by atoms with E-state index in [1.165, 1.54) is 0 Å². The Kier molecular flexibility index (Phi) is 5.91. The Balaban J connectivity index is 2.66. The third-order valence-corrected chi connectivity index (χ3v) is 2.12. The summed E-state index contributed by atoms with van der Waals surface area (Å²) in [6, 6.07) is 7.24. The second-order valence-corrected chi connectivity index (χ2v) is 3.40. The van der Waals surface area contributed by atoms with Gasteiger partial charge in [-0.05, 0) is 19.1 Å². The molecular weight excluding hydrogens is 218 g/mol. The van der Waals surface area contributed by atoms with E-state index < -0.39 is 0 Å². The van der Waals surface area contributed by atoms with E-state index in [0.29, 0.717) is 36.9 Å². The molecule has 0 saturated carbocycles. The summed E-state index contributed by atoms with van der Waals surface area (Å²) in [6.45, 7) is 3.68. The normalized spacial score (nSPS) is 9.71. The van der Waals surface area contributed by atoms with E-state index in [0.717, 1.165) is 6.42 Å². The van der Waals surface area contributed by atoms with Crippen LogP contribution in [0.15, 0.2) is 18.2 Å². The number of hydrogen-bond donors (Lipinski definition) is 0. The van der Waals surface area contributed by atoms with Crippen molar-refractivity contribution in [2.24, 2.45) is 0 Å². The van der Waals surface area contributed by atoms with Crippen LogP contribution in [-0.2, 0) is 4.74 Å². The lowest BCUT2D eigenvalue weighted by Crippen LogP contribution is -2.03. The predicted octanol–water partition coefficient (Wildman–Crippen LogP) is 2.37. The SMILES string of the molecule is CCOc1cc(C#N)ccc1OCCCOC. The first-order chi connectivity index (χ1) is 8.31. The summed E-state index contributed by atoms with van der Waals surface area (Å²) < 4.78 is 15.9. The fourth-order valence-corrected chi connectivity index (χ4v) is 1.35. The smallest absolute Gasteiger partial charge is 0.162 e. The largest absolute Gasteiger partial charge is 0.490 e. The maximum atomic E-state index is 8.80. The van der Waals surface area contributed by atoms with Crippen molar-refractivity contribution in [2.45, 2.75) is 13.3 Å². The zero-order valence-electron chi connectivity index (χ0n) is 10.2. The molecule has 4 nitrogen and oxygen atoms in total. The number of ether oxygens (including phenoxy) is 3. The fourth-order valence-electron chi connectivity index (χ4n) is 1.35. The number of benzene rings is 1. The molecule has 0 saturated heterocycles. The van der Waals surface area contributed by atoms with Crippen LogP contribution in [0.2, 0.25) is 0 Å². The van der Waals surface area contributed by atoms with E-state index in [1.54, 1.807) is 25.3 Å². The van der Waals surface area contributed by atoms with Gasteiger partial charge < -0.3 is 14.2 Å². The van der Waals surface area contributed by atoms with Gasteiger partial charge in [0.15, 0.2) is 11.5 Å². The summed E-state index contributed by atoms with van der Waals surface area (Å²) in [4.78, 5) is 0. The van der Waals surface area contributed by atoms with Crippen LogP contribution in [-0.4, -0.2) is 26.9 Å². The molecule has 0 aliphatic carbocycles. The summed E-state index contributed by atoms with van der Waals surface area (Å²) >= 11 is 0. The number of nitriles is 1. The molecule has 4 heteroatoms. The third kappa shape index (κ3) is 4.33. The molecule has 0 amide bonds. The first kappa shape index (κ1) is 13.3. The van der Waals surface area contributed by atoms with E-state index in [1.807, 2.05) is 6.92 Å². The van der Waals surface area contributed by atoms with Crippen molar-refractivity contribution in [3.05, 3.63) is 23.8 Å². The summed E-state index contributed by atoms with van der Waals surface area (Å²) in [5.41, 5.74) is 0.567. The van der Waals surface area contributed by atoms with Crippen LogP contribution in [0.4, 0.5) is 0 Å². The molecule has 1 rings (SSSR count). The van der Waals surface area contributed by atoms with E-state index in [9.17, 15) is 0 Å². The molecule has 1 aromatic rings. The van der Waals surface area contributed by atoms with Crippen molar-refractivity contribution in [1.29, 1.82) is 5.26 Å². The monoisotopic (exact) mass is 235 g/mol. The van der Waals surface area contributed by atoms with Crippen LogP contribution in [0.1, 0.15) is 18.9 Å². The van der Waals surface area contributed by atoms with Crippen LogP contribution in [0, 0.1) is 11.3 Å². The minimum Gasteiger partial charge on any atom is -0.490 e. The molecular formula is C13H17NO3. The van der Waals surface area contributed by atoms with Crippen molar-refractivity contribution in [3.63, 3.8) is 0 Å². The van der Waals surface area contributed by atoms with Gasteiger partial charge in [-0.15, -0.1) is 0 Å². The minimum absolute atomic E-state index is 0.545. The second-order valence-electron chi connectivity index (χ2n) is 3.40. The quantitative estimate of drug-likeness (QED) is 0.681. The van der Waals surface area contributed by atoms with Gasteiger partial charge in [-0.3, -0.25) is 0 Å². The van der Waals surface area contributed by atoms with Gasteiger partial charge in [0, 0.05) is 26.2 Å². The molecule has 1 aromatic carbocycles. The summed E-state index contributed by atoms with van der Waals surface area (Å²) in [7, 11) is 1.66. The van der Waals surface area contributed by atoms with Gasteiger partial charge in [-0.1, -0.05) is 0 Å². The molecule has 0 unspecified atom stereocenters. The van der Waals surface area contributed by atoms with Crippen molar-refractivity contribution in [1.82, 2.24) is 0 Å². The van der Waals surface area contributed by atoms with Crippen LogP contribution in [0.5, 0.6) is 11.5 Å². The molecule has 0 bridgehead atoms. The molecule has 0 N–H and O–H groups in total. The molecule has 0 spiro atoms. The van der Waals surface area contributed by atoms with Gasteiger partial charge in [0.25, 0.3) is 0 Å². The standard InChI is InChI=1S/C13H17NO3/c1-3-16-13-9-11(10-14)5-6-12(13)17-8-4-7-15-2/h5-6,9H,3-4,7-8H2,1-2H3. The van der Waals surface area contributed by atoms with Gasteiger partial charge in [0.1, 0.15) is 0 Å². The lowest BCUT2D eigenvalue weighted by atomic mass is 10.2. The van der Waals surface area contributed by atoms with Gasteiger partial charge in [0.05, 0.1) is 24.8 Å². The molecule has 0 fully saturated rings. The third-order valence-electron chi connectivity index (χ3n) is 2.12. The Morgan fingerprint density at radius 1 is 1.18 bits per heavy atom. The molecule has 17 heavy (non-hydrogen) atoms. The summed E-state index contributed by atoms with van der Waals surface area (Å²) in [5.74, 6) is 1.28. The van der Waals surface area contributed by atoms with Crippen molar-refractivity contribution >= 4 is 0 Å².